The number of pyridine rings is 1. The number of carbonyl (C=O) groups is 2. The third-order valence-corrected chi connectivity index (χ3v) is 7.16. The lowest BCUT2D eigenvalue weighted by Gasteiger charge is -2.34. The van der Waals surface area contributed by atoms with E-state index in [-0.39, 0.29) is 29.8 Å². The molecule has 0 radical (unpaired) electrons. The normalized spacial score (nSPS) is 20.4. The van der Waals surface area contributed by atoms with E-state index in [2.05, 4.69) is 28.5 Å². The van der Waals surface area contributed by atoms with Crippen LogP contribution >= 0.6 is 0 Å². The number of aromatic nitrogens is 1. The number of nitrogens with one attached hydrogen (secondary N) is 1. The number of amides is 2. The average Bonchev–Trinajstić information content (AvgIpc) is 3.38. The van der Waals surface area contributed by atoms with Gasteiger partial charge in [0, 0.05) is 30.2 Å². The quantitative estimate of drug-likeness (QED) is 0.596. The molecule has 0 bridgehead atoms. The highest BCUT2D eigenvalue weighted by Gasteiger charge is 2.38. The van der Waals surface area contributed by atoms with Crippen LogP contribution in [0.1, 0.15) is 64.7 Å². The molecular weight excluding hydrogens is 424 g/mol. The van der Waals surface area contributed by atoms with E-state index < -0.39 is 0 Å². The van der Waals surface area contributed by atoms with Crippen LogP contribution in [0, 0.1) is 0 Å². The van der Waals surface area contributed by atoms with Crippen molar-refractivity contribution in [1.29, 1.82) is 0 Å². The van der Waals surface area contributed by atoms with Crippen molar-refractivity contribution in [2.24, 2.45) is 5.73 Å². The van der Waals surface area contributed by atoms with E-state index in [9.17, 15) is 9.59 Å². The first kappa shape index (κ1) is 22.3. The highest BCUT2D eigenvalue weighted by Crippen LogP contribution is 2.36. The Morgan fingerprint density at radius 1 is 0.971 bits per heavy atom. The summed E-state index contributed by atoms with van der Waals surface area (Å²) in [6.07, 6.45) is 8.12. The fourth-order valence-corrected chi connectivity index (χ4v) is 5.37. The molecule has 174 valence electrons. The molecule has 5 rings (SSSR count). The first-order valence-electron chi connectivity index (χ1n) is 12.1. The molecule has 2 amide bonds. The van der Waals surface area contributed by atoms with Gasteiger partial charge >= 0.3 is 0 Å². The van der Waals surface area contributed by atoms with Gasteiger partial charge in [-0.3, -0.25) is 14.6 Å². The van der Waals surface area contributed by atoms with Crippen LogP contribution < -0.4 is 11.1 Å². The minimum absolute atomic E-state index is 0.0296. The second-order valence-electron chi connectivity index (χ2n) is 9.22. The predicted octanol–water partition coefficient (Wildman–Crippen LogP) is 4.44. The number of aryl methyl sites for hydroxylation is 1. The van der Waals surface area contributed by atoms with Crippen molar-refractivity contribution in [3.8, 4) is 0 Å². The SMILES string of the molecule is NC(c1ccc(C(=O)Nc2ccncc2)cc1)[C@H]1CCCN1C(=O)[C@@H]1CCCc2ccccc21. The number of benzene rings is 2. The molecule has 2 aliphatic rings. The summed E-state index contributed by atoms with van der Waals surface area (Å²) in [6, 6.07) is 18.9. The van der Waals surface area contributed by atoms with Crippen molar-refractivity contribution < 1.29 is 9.59 Å². The molecule has 2 heterocycles. The van der Waals surface area contributed by atoms with Crippen molar-refractivity contribution in [3.63, 3.8) is 0 Å². The van der Waals surface area contributed by atoms with Crippen molar-refractivity contribution in [3.05, 3.63) is 95.3 Å². The van der Waals surface area contributed by atoms with Crippen LogP contribution in [0.4, 0.5) is 5.69 Å². The third kappa shape index (κ3) is 4.46. The number of hydrogen-bond donors (Lipinski definition) is 2. The van der Waals surface area contributed by atoms with Gasteiger partial charge < -0.3 is 16.0 Å². The number of anilines is 1. The molecule has 34 heavy (non-hydrogen) atoms. The molecule has 1 unspecified atom stereocenters. The number of rotatable bonds is 5. The van der Waals surface area contributed by atoms with E-state index in [0.29, 0.717) is 11.3 Å². The highest BCUT2D eigenvalue weighted by molar-refractivity contribution is 6.04. The van der Waals surface area contributed by atoms with Crippen LogP contribution in [0.15, 0.2) is 73.1 Å². The van der Waals surface area contributed by atoms with E-state index in [0.717, 1.165) is 44.2 Å². The predicted molar refractivity (Wildman–Crippen MR) is 132 cm³/mol. The Morgan fingerprint density at radius 2 is 1.74 bits per heavy atom. The van der Waals surface area contributed by atoms with Crippen molar-refractivity contribution >= 4 is 17.5 Å². The topological polar surface area (TPSA) is 88.3 Å². The molecule has 1 saturated heterocycles. The maximum absolute atomic E-state index is 13.6. The minimum Gasteiger partial charge on any atom is -0.337 e. The zero-order valence-corrected chi connectivity index (χ0v) is 19.2. The Hall–Kier alpha value is -3.51. The molecule has 1 aliphatic heterocycles. The Kier molecular flexibility index (Phi) is 6.41. The van der Waals surface area contributed by atoms with E-state index in [1.165, 1.54) is 11.1 Å². The summed E-state index contributed by atoms with van der Waals surface area (Å²) < 4.78 is 0. The number of carbonyl (C=O) groups excluding carboxylic acids is 2. The average molecular weight is 455 g/mol. The molecule has 0 saturated carbocycles. The van der Waals surface area contributed by atoms with Crippen LogP contribution in [0.5, 0.6) is 0 Å². The van der Waals surface area contributed by atoms with Gasteiger partial charge in [-0.25, -0.2) is 0 Å². The van der Waals surface area contributed by atoms with Crippen molar-refractivity contribution in [2.75, 3.05) is 11.9 Å². The van der Waals surface area contributed by atoms with Gasteiger partial charge in [0.25, 0.3) is 5.91 Å². The molecule has 1 aliphatic carbocycles. The molecule has 3 aromatic rings. The van der Waals surface area contributed by atoms with Crippen LogP contribution in [0.2, 0.25) is 0 Å². The molecule has 2 aromatic carbocycles. The van der Waals surface area contributed by atoms with Crippen molar-refractivity contribution in [2.45, 2.75) is 50.1 Å². The molecule has 6 nitrogen and oxygen atoms in total. The van der Waals surface area contributed by atoms with E-state index in [1.807, 2.05) is 23.1 Å². The fourth-order valence-electron chi connectivity index (χ4n) is 5.37. The Labute approximate surface area is 200 Å². The highest BCUT2D eigenvalue weighted by atomic mass is 16.2. The van der Waals surface area contributed by atoms with Gasteiger partial charge in [-0.2, -0.15) is 0 Å². The summed E-state index contributed by atoms with van der Waals surface area (Å²) in [5.74, 6) is -0.0459. The van der Waals surface area contributed by atoms with Crippen LogP contribution in [-0.4, -0.2) is 34.3 Å². The summed E-state index contributed by atoms with van der Waals surface area (Å²) in [6.45, 7) is 0.752. The second-order valence-corrected chi connectivity index (χ2v) is 9.22. The minimum atomic E-state index is -0.289. The molecule has 3 atom stereocenters. The standard InChI is InChI=1S/C28H30N4O2/c29-26(20-10-12-21(13-11-20)27(33)31-22-14-16-30-17-15-22)25-9-4-18-32(25)28(34)24-8-3-6-19-5-1-2-7-23(19)24/h1-2,5,7,10-17,24-26H,3-4,6,8-9,18,29H2,(H,30,31,33)/t24-,25-,26?/m1/s1. The first-order valence-corrected chi connectivity index (χ1v) is 12.1. The molecule has 0 spiro atoms. The monoisotopic (exact) mass is 454 g/mol. The molecule has 1 fully saturated rings. The number of nitrogens with two attached hydrogens (primary N) is 1. The lowest BCUT2D eigenvalue weighted by Crippen LogP contribution is -2.44. The first-order chi connectivity index (χ1) is 16.6. The van der Waals surface area contributed by atoms with Crippen LogP contribution in [-0.2, 0) is 11.2 Å². The van der Waals surface area contributed by atoms with E-state index in [1.54, 1.807) is 36.7 Å². The Balaban J connectivity index is 1.29. The largest absolute Gasteiger partial charge is 0.337 e. The zero-order chi connectivity index (χ0) is 23.5. The van der Waals surface area contributed by atoms with Gasteiger partial charge in [0.2, 0.25) is 5.91 Å². The van der Waals surface area contributed by atoms with Gasteiger partial charge in [-0.1, -0.05) is 36.4 Å². The number of fused-ring (bicyclic) bond motifs is 1. The lowest BCUT2D eigenvalue weighted by atomic mass is 9.82. The summed E-state index contributed by atoms with van der Waals surface area (Å²) in [7, 11) is 0. The van der Waals surface area contributed by atoms with E-state index >= 15 is 0 Å². The fraction of sp³-hybridized carbons (Fsp3) is 0.321. The third-order valence-electron chi connectivity index (χ3n) is 7.16. The van der Waals surface area contributed by atoms with Crippen molar-refractivity contribution in [1.82, 2.24) is 9.88 Å². The molecular formula is C28H30N4O2. The van der Waals surface area contributed by atoms with E-state index in [4.69, 9.17) is 5.73 Å². The molecule has 6 heteroatoms. The van der Waals surface area contributed by atoms with Crippen LogP contribution in [0.25, 0.3) is 0 Å². The van der Waals surface area contributed by atoms with Crippen LogP contribution in [0.3, 0.4) is 0 Å². The summed E-state index contributed by atoms with van der Waals surface area (Å²) in [5.41, 5.74) is 11.4. The maximum Gasteiger partial charge on any atom is 0.255 e. The summed E-state index contributed by atoms with van der Waals surface area (Å²) in [5, 5.41) is 2.87. The Morgan fingerprint density at radius 3 is 2.53 bits per heavy atom. The molecule has 3 N–H and O–H groups in total. The number of likely N-dealkylation sites (tertiary alicyclic amines) is 1. The number of hydrogen-bond acceptors (Lipinski definition) is 4. The molecule has 1 aromatic heterocycles. The lowest BCUT2D eigenvalue weighted by molar-refractivity contribution is -0.134. The second kappa shape index (κ2) is 9.77. The zero-order valence-electron chi connectivity index (χ0n) is 19.2. The summed E-state index contributed by atoms with van der Waals surface area (Å²) >= 11 is 0. The maximum atomic E-state index is 13.6. The van der Waals surface area contributed by atoms with Gasteiger partial charge in [-0.05, 0) is 73.1 Å². The van der Waals surface area contributed by atoms with Gasteiger partial charge in [0.15, 0.2) is 0 Å². The summed E-state index contributed by atoms with van der Waals surface area (Å²) in [4.78, 5) is 32.2. The smallest absolute Gasteiger partial charge is 0.255 e. The van der Waals surface area contributed by atoms with Gasteiger partial charge in [0.1, 0.15) is 0 Å². The van der Waals surface area contributed by atoms with Gasteiger partial charge in [0.05, 0.1) is 18.0 Å². The Bertz CT molecular complexity index is 1160. The number of nitrogens with zero attached hydrogens (tertiary/aromatic N) is 2. The van der Waals surface area contributed by atoms with Gasteiger partial charge in [-0.15, -0.1) is 0 Å².